The Balaban J connectivity index is 1.81. The van der Waals surface area contributed by atoms with Crippen molar-refractivity contribution in [3.05, 3.63) is 60.6 Å². The van der Waals surface area contributed by atoms with Gasteiger partial charge in [0, 0.05) is 0 Å². The summed E-state index contributed by atoms with van der Waals surface area (Å²) in [5, 5.41) is 5.73. The van der Waals surface area contributed by atoms with Gasteiger partial charge in [-0.2, -0.15) is 18.3 Å². The van der Waals surface area contributed by atoms with Crippen LogP contribution in [0.25, 0.3) is 28.2 Å². The average Bonchev–Trinajstić information content (AvgIpc) is 3.21. The fourth-order valence-electron chi connectivity index (χ4n) is 2.66. The third-order valence-corrected chi connectivity index (χ3v) is 3.84. The number of H-pyrrole nitrogens is 1. The summed E-state index contributed by atoms with van der Waals surface area (Å²) in [6.07, 6.45) is -1.33. The predicted octanol–water partition coefficient (Wildman–Crippen LogP) is 3.06. The maximum absolute atomic E-state index is 12.7. The van der Waals surface area contributed by atoms with E-state index in [-0.39, 0.29) is 5.69 Å². The number of alkyl halides is 3. The molecule has 3 aromatic heterocycles. The number of pyridine rings is 1. The van der Waals surface area contributed by atoms with Crippen LogP contribution in [0, 0.1) is 6.33 Å². The van der Waals surface area contributed by atoms with E-state index in [4.69, 9.17) is 0 Å². The molecular weight excluding hydrogens is 331 g/mol. The van der Waals surface area contributed by atoms with E-state index in [9.17, 15) is 13.2 Å². The topological polar surface area (TPSA) is 50.4 Å². The average molecular weight is 343 g/mol. The van der Waals surface area contributed by atoms with Gasteiger partial charge in [0.15, 0.2) is 0 Å². The van der Waals surface area contributed by atoms with Crippen LogP contribution in [0.2, 0.25) is 0 Å². The molecule has 0 saturated heterocycles. The SMILES string of the molecule is C[n+]1[c-]n(-c2cccc(-c3cc(C(F)(F)F)[nH]n3)n2)c2ccccc21. The number of hydrogen-bond donors (Lipinski definition) is 1. The third kappa shape index (κ3) is 2.65. The molecule has 126 valence electrons. The van der Waals surface area contributed by atoms with E-state index < -0.39 is 11.9 Å². The maximum Gasteiger partial charge on any atom is 0.432 e. The van der Waals surface area contributed by atoms with Crippen LogP contribution < -0.4 is 4.57 Å². The number of aromatic nitrogens is 5. The number of imidazole rings is 1. The molecule has 1 aromatic carbocycles. The number of nitrogens with one attached hydrogen (secondary N) is 1. The molecule has 0 atom stereocenters. The fourth-order valence-corrected chi connectivity index (χ4v) is 2.66. The highest BCUT2D eigenvalue weighted by Crippen LogP contribution is 2.30. The van der Waals surface area contributed by atoms with E-state index in [0.717, 1.165) is 17.1 Å². The number of benzene rings is 1. The highest BCUT2D eigenvalue weighted by Gasteiger charge is 2.33. The second-order valence-electron chi connectivity index (χ2n) is 5.53. The Morgan fingerprint density at radius 1 is 1.08 bits per heavy atom. The van der Waals surface area contributed by atoms with Crippen molar-refractivity contribution in [1.29, 1.82) is 0 Å². The van der Waals surface area contributed by atoms with Crippen molar-refractivity contribution in [1.82, 2.24) is 19.7 Å². The molecule has 0 spiro atoms. The summed E-state index contributed by atoms with van der Waals surface area (Å²) >= 11 is 0. The maximum atomic E-state index is 12.7. The summed E-state index contributed by atoms with van der Waals surface area (Å²) in [6, 6.07) is 13.8. The van der Waals surface area contributed by atoms with Gasteiger partial charge in [0.25, 0.3) is 0 Å². The quantitative estimate of drug-likeness (QED) is 0.449. The van der Waals surface area contributed by atoms with Crippen molar-refractivity contribution < 1.29 is 17.7 Å². The van der Waals surface area contributed by atoms with Crippen molar-refractivity contribution >= 4 is 11.0 Å². The summed E-state index contributed by atoms with van der Waals surface area (Å²) in [6.45, 7) is 0. The van der Waals surface area contributed by atoms with Gasteiger partial charge in [0.1, 0.15) is 17.2 Å². The van der Waals surface area contributed by atoms with E-state index in [1.54, 1.807) is 22.8 Å². The van der Waals surface area contributed by atoms with E-state index in [2.05, 4.69) is 16.4 Å². The number of rotatable bonds is 2. The minimum atomic E-state index is -4.47. The van der Waals surface area contributed by atoms with E-state index in [0.29, 0.717) is 11.5 Å². The Morgan fingerprint density at radius 2 is 1.88 bits per heavy atom. The molecule has 5 nitrogen and oxygen atoms in total. The Hall–Kier alpha value is -3.16. The van der Waals surface area contributed by atoms with Crippen LogP contribution in [-0.4, -0.2) is 19.7 Å². The predicted molar refractivity (Wildman–Crippen MR) is 83.7 cm³/mol. The molecule has 3 heterocycles. The molecule has 0 radical (unpaired) electrons. The Morgan fingerprint density at radius 3 is 2.64 bits per heavy atom. The first-order valence-corrected chi connectivity index (χ1v) is 7.43. The summed E-state index contributed by atoms with van der Waals surface area (Å²) in [5.41, 5.74) is 1.44. The molecule has 0 aliphatic heterocycles. The number of hydrogen-bond acceptors (Lipinski definition) is 2. The minimum absolute atomic E-state index is 0.134. The zero-order valence-corrected chi connectivity index (χ0v) is 13.0. The zero-order chi connectivity index (χ0) is 17.6. The number of nitrogens with zero attached hydrogens (tertiary/aromatic N) is 4. The van der Waals surface area contributed by atoms with E-state index >= 15 is 0 Å². The molecule has 4 aromatic rings. The standard InChI is InChI=1S/C17H12F3N5/c1-24-10-25(14-7-3-2-6-13(14)24)16-8-4-5-11(21-16)12-9-15(23-22-12)17(18,19)20/h2-9H,1H3,(H,22,23). The zero-order valence-electron chi connectivity index (χ0n) is 13.0. The lowest BCUT2D eigenvalue weighted by atomic mass is 10.2. The molecule has 0 aliphatic rings. The van der Waals surface area contributed by atoms with Gasteiger partial charge in [-0.1, -0.05) is 30.3 Å². The van der Waals surface area contributed by atoms with Gasteiger partial charge in [-0.05, 0) is 18.2 Å². The lowest BCUT2D eigenvalue weighted by Crippen LogP contribution is -2.26. The number of halogens is 3. The molecule has 4 rings (SSSR count). The molecule has 0 aliphatic carbocycles. The monoisotopic (exact) mass is 343 g/mol. The molecule has 1 N–H and O–H groups in total. The lowest BCUT2D eigenvalue weighted by Gasteiger charge is -2.05. The van der Waals surface area contributed by atoms with E-state index in [1.165, 1.54) is 0 Å². The van der Waals surface area contributed by atoms with Gasteiger partial charge in [-0.3, -0.25) is 10.1 Å². The molecule has 0 saturated carbocycles. The normalized spacial score (nSPS) is 12.0. The van der Waals surface area contributed by atoms with E-state index in [1.807, 2.05) is 41.0 Å². The van der Waals surface area contributed by atoms with Gasteiger partial charge in [0.2, 0.25) is 6.33 Å². The molecule has 8 heteroatoms. The third-order valence-electron chi connectivity index (χ3n) is 3.84. The van der Waals surface area contributed by atoms with Gasteiger partial charge in [-0.25, -0.2) is 0 Å². The van der Waals surface area contributed by atoms with Crippen molar-refractivity contribution in [2.24, 2.45) is 7.05 Å². The number of fused-ring (bicyclic) bond motifs is 1. The summed E-state index contributed by atoms with van der Waals surface area (Å²) < 4.78 is 41.8. The van der Waals surface area contributed by atoms with Crippen LogP contribution in [0.15, 0.2) is 48.5 Å². The summed E-state index contributed by atoms with van der Waals surface area (Å²) in [7, 11) is 1.87. The second-order valence-corrected chi connectivity index (χ2v) is 5.53. The minimum Gasteiger partial charge on any atom is -0.316 e. The molecular formula is C17H12F3N5. The molecule has 0 bridgehead atoms. The Kier molecular flexibility index (Phi) is 3.34. The first-order chi connectivity index (χ1) is 11.9. The van der Waals surface area contributed by atoms with Crippen molar-refractivity contribution in [2.75, 3.05) is 0 Å². The van der Waals surface area contributed by atoms with Crippen LogP contribution in [0.1, 0.15) is 5.69 Å². The largest absolute Gasteiger partial charge is 0.432 e. The molecule has 0 fully saturated rings. The van der Waals surface area contributed by atoms with Crippen LogP contribution in [0.3, 0.4) is 0 Å². The van der Waals surface area contributed by atoms with Gasteiger partial charge < -0.3 is 9.13 Å². The Bertz CT molecular complexity index is 1060. The van der Waals surface area contributed by atoms with Crippen molar-refractivity contribution in [3.63, 3.8) is 0 Å². The smallest absolute Gasteiger partial charge is 0.316 e. The molecule has 0 unspecified atom stereocenters. The number of para-hydroxylation sites is 2. The summed E-state index contributed by atoms with van der Waals surface area (Å²) in [5.74, 6) is 0.547. The first-order valence-electron chi connectivity index (χ1n) is 7.43. The highest BCUT2D eigenvalue weighted by molar-refractivity contribution is 5.73. The highest BCUT2D eigenvalue weighted by atomic mass is 19.4. The van der Waals surface area contributed by atoms with Gasteiger partial charge in [0.05, 0.1) is 23.8 Å². The molecule has 25 heavy (non-hydrogen) atoms. The second kappa shape index (κ2) is 5.44. The van der Waals surface area contributed by atoms with Crippen LogP contribution >= 0.6 is 0 Å². The Labute approximate surface area is 140 Å². The van der Waals surface area contributed by atoms with Crippen LogP contribution in [0.5, 0.6) is 0 Å². The van der Waals surface area contributed by atoms with Gasteiger partial charge >= 0.3 is 6.18 Å². The number of aryl methyl sites for hydroxylation is 1. The molecule has 0 amide bonds. The van der Waals surface area contributed by atoms with Crippen LogP contribution in [0.4, 0.5) is 13.2 Å². The van der Waals surface area contributed by atoms with Crippen LogP contribution in [-0.2, 0) is 13.2 Å². The number of aromatic amines is 1. The lowest BCUT2D eigenvalue weighted by molar-refractivity contribution is -0.649. The first kappa shape index (κ1) is 15.4. The fraction of sp³-hybridized carbons (Fsp3) is 0.118. The summed E-state index contributed by atoms with van der Waals surface area (Å²) in [4.78, 5) is 4.44. The van der Waals surface area contributed by atoms with Gasteiger partial charge in [-0.15, -0.1) is 0 Å². The van der Waals surface area contributed by atoms with Crippen molar-refractivity contribution in [3.8, 4) is 17.2 Å². The van der Waals surface area contributed by atoms with Crippen molar-refractivity contribution in [2.45, 2.75) is 6.18 Å².